The second kappa shape index (κ2) is 7.35. The van der Waals surface area contributed by atoms with Crippen LogP contribution in [0.1, 0.15) is 55.8 Å². The van der Waals surface area contributed by atoms with Gasteiger partial charge in [-0.2, -0.15) is 0 Å². The molecule has 0 aromatic heterocycles. The Bertz CT molecular complexity index is 532. The number of ether oxygens (including phenoxy) is 1. The van der Waals surface area contributed by atoms with Crippen molar-refractivity contribution < 1.29 is 9.53 Å². The fourth-order valence-corrected chi connectivity index (χ4v) is 4.25. The maximum Gasteiger partial charge on any atom is 0.251 e. The molecule has 4 heteroatoms. The minimum absolute atomic E-state index is 0.0240. The predicted octanol–water partition coefficient (Wildman–Crippen LogP) is 3.22. The fourth-order valence-electron chi connectivity index (χ4n) is 4.25. The van der Waals surface area contributed by atoms with Gasteiger partial charge in [-0.05, 0) is 56.8 Å². The second-order valence-electron chi connectivity index (χ2n) is 6.85. The van der Waals surface area contributed by atoms with Gasteiger partial charge in [-0.1, -0.05) is 19.4 Å². The van der Waals surface area contributed by atoms with Crippen LogP contribution in [-0.2, 0) is 0 Å². The minimum Gasteiger partial charge on any atom is -0.497 e. The van der Waals surface area contributed by atoms with Crippen molar-refractivity contribution in [1.29, 1.82) is 0 Å². The molecular formula is C19H28N2O2. The van der Waals surface area contributed by atoms with Gasteiger partial charge in [-0.25, -0.2) is 0 Å². The zero-order valence-electron chi connectivity index (χ0n) is 14.3. The molecule has 4 nitrogen and oxygen atoms in total. The number of nitrogens with zero attached hydrogens (tertiary/aromatic N) is 1. The predicted molar refractivity (Wildman–Crippen MR) is 91.9 cm³/mol. The summed E-state index contributed by atoms with van der Waals surface area (Å²) in [5.74, 6) is 0.753. The van der Waals surface area contributed by atoms with E-state index >= 15 is 0 Å². The van der Waals surface area contributed by atoms with Crippen molar-refractivity contribution >= 4 is 5.91 Å². The molecule has 0 aliphatic carbocycles. The molecule has 1 amide bonds. The highest BCUT2D eigenvalue weighted by Gasteiger charge is 2.38. The van der Waals surface area contributed by atoms with Gasteiger partial charge in [0.2, 0.25) is 0 Å². The lowest BCUT2D eigenvalue weighted by molar-refractivity contribution is 0.0245. The summed E-state index contributed by atoms with van der Waals surface area (Å²) in [4.78, 5) is 15.2. The number of hydrogen-bond acceptors (Lipinski definition) is 3. The molecule has 2 fully saturated rings. The fraction of sp³-hybridized carbons (Fsp3) is 0.632. The molecule has 3 rings (SSSR count). The number of rotatable bonds is 5. The number of benzene rings is 1. The lowest BCUT2D eigenvalue weighted by atomic mass is 9.81. The smallest absolute Gasteiger partial charge is 0.251 e. The van der Waals surface area contributed by atoms with Gasteiger partial charge in [0.15, 0.2) is 0 Å². The number of nitrogens with one attached hydrogen (secondary N) is 1. The molecule has 1 unspecified atom stereocenters. The van der Waals surface area contributed by atoms with Gasteiger partial charge in [-0.15, -0.1) is 0 Å². The molecule has 1 aromatic rings. The van der Waals surface area contributed by atoms with Crippen molar-refractivity contribution in [2.45, 2.75) is 63.6 Å². The minimum atomic E-state index is 0.0240. The van der Waals surface area contributed by atoms with Crippen molar-refractivity contribution in [3.05, 3.63) is 29.8 Å². The van der Waals surface area contributed by atoms with Gasteiger partial charge in [0.25, 0.3) is 5.91 Å². The Morgan fingerprint density at radius 2 is 2.04 bits per heavy atom. The molecule has 23 heavy (non-hydrogen) atoms. The van der Waals surface area contributed by atoms with Crippen LogP contribution in [0.4, 0.5) is 0 Å². The van der Waals surface area contributed by atoms with Crippen LogP contribution < -0.4 is 10.1 Å². The van der Waals surface area contributed by atoms with Gasteiger partial charge in [0.1, 0.15) is 5.75 Å². The van der Waals surface area contributed by atoms with Crippen LogP contribution in [0.5, 0.6) is 5.75 Å². The van der Waals surface area contributed by atoms with E-state index in [0.29, 0.717) is 23.7 Å². The zero-order chi connectivity index (χ0) is 16.2. The first-order valence-corrected chi connectivity index (χ1v) is 8.92. The molecule has 2 heterocycles. The molecule has 0 saturated carbocycles. The molecular weight excluding hydrogens is 288 g/mol. The monoisotopic (exact) mass is 316 g/mol. The van der Waals surface area contributed by atoms with Crippen molar-refractivity contribution in [3.8, 4) is 5.75 Å². The second-order valence-corrected chi connectivity index (χ2v) is 6.85. The average molecular weight is 316 g/mol. The molecule has 0 radical (unpaired) electrons. The Balaban J connectivity index is 1.63. The molecule has 2 bridgehead atoms. The number of hydrogen-bond donors (Lipinski definition) is 1. The Hall–Kier alpha value is -1.55. The Kier molecular flexibility index (Phi) is 5.21. The summed E-state index contributed by atoms with van der Waals surface area (Å²) in [5, 5.41) is 3.26. The first-order chi connectivity index (χ1) is 11.2. The number of amides is 1. The molecule has 126 valence electrons. The molecule has 2 aliphatic heterocycles. The Labute approximate surface area is 139 Å². The first-order valence-electron chi connectivity index (χ1n) is 8.92. The van der Waals surface area contributed by atoms with Crippen molar-refractivity contribution in [3.63, 3.8) is 0 Å². The largest absolute Gasteiger partial charge is 0.497 e. The summed E-state index contributed by atoms with van der Waals surface area (Å²) in [6, 6.07) is 9.00. The molecule has 3 atom stereocenters. The quantitative estimate of drug-likeness (QED) is 0.907. The van der Waals surface area contributed by atoms with Crippen molar-refractivity contribution in [1.82, 2.24) is 10.2 Å². The van der Waals surface area contributed by atoms with E-state index in [1.54, 1.807) is 7.11 Å². The van der Waals surface area contributed by atoms with Crippen LogP contribution in [0.2, 0.25) is 0 Å². The maximum absolute atomic E-state index is 12.5. The van der Waals surface area contributed by atoms with E-state index in [4.69, 9.17) is 4.74 Å². The standard InChI is InChI=1S/C19H28N2O2/c1-3-10-21-16-7-5-8-17(21)13-15(12-16)20-19(22)14-6-4-9-18(11-14)23-2/h4,6,9,11,15-17H,3,5,7-8,10,12-13H2,1-2H3,(H,20,22)/t15?,16-,17+. The molecule has 2 aliphatic rings. The number of piperidine rings is 2. The Morgan fingerprint density at radius 3 is 2.70 bits per heavy atom. The zero-order valence-corrected chi connectivity index (χ0v) is 14.3. The van der Waals surface area contributed by atoms with E-state index in [1.165, 1.54) is 32.2 Å². The molecule has 2 saturated heterocycles. The van der Waals surface area contributed by atoms with E-state index in [-0.39, 0.29) is 5.91 Å². The summed E-state index contributed by atoms with van der Waals surface area (Å²) < 4.78 is 5.21. The van der Waals surface area contributed by atoms with E-state index in [9.17, 15) is 4.79 Å². The van der Waals surface area contributed by atoms with Gasteiger partial charge < -0.3 is 10.1 Å². The van der Waals surface area contributed by atoms with Crippen molar-refractivity contribution in [2.75, 3.05) is 13.7 Å². The average Bonchev–Trinajstić information content (AvgIpc) is 2.55. The number of fused-ring (bicyclic) bond motifs is 2. The normalized spacial score (nSPS) is 27.5. The first kappa shape index (κ1) is 16.3. The lowest BCUT2D eigenvalue weighted by Gasteiger charge is -2.49. The number of methoxy groups -OCH3 is 1. The van der Waals surface area contributed by atoms with Crippen LogP contribution in [0, 0.1) is 0 Å². The van der Waals surface area contributed by atoms with Crippen LogP contribution in [0.15, 0.2) is 24.3 Å². The van der Waals surface area contributed by atoms with Gasteiger partial charge >= 0.3 is 0 Å². The highest BCUT2D eigenvalue weighted by atomic mass is 16.5. The third-order valence-corrected chi connectivity index (χ3v) is 5.27. The third-order valence-electron chi connectivity index (χ3n) is 5.27. The van der Waals surface area contributed by atoms with Crippen molar-refractivity contribution in [2.24, 2.45) is 0 Å². The molecule has 0 spiro atoms. The van der Waals surface area contributed by atoms with Gasteiger partial charge in [-0.3, -0.25) is 9.69 Å². The van der Waals surface area contributed by atoms with E-state index in [2.05, 4.69) is 17.1 Å². The van der Waals surface area contributed by atoms with Crippen LogP contribution in [0.25, 0.3) is 0 Å². The summed E-state index contributed by atoms with van der Waals surface area (Å²) in [7, 11) is 1.63. The van der Waals surface area contributed by atoms with Crippen LogP contribution in [-0.4, -0.2) is 42.6 Å². The Morgan fingerprint density at radius 1 is 1.30 bits per heavy atom. The summed E-state index contributed by atoms with van der Waals surface area (Å²) in [6.07, 6.45) is 7.29. The van der Waals surface area contributed by atoms with Crippen LogP contribution >= 0.6 is 0 Å². The molecule has 1 aromatic carbocycles. The summed E-state index contributed by atoms with van der Waals surface area (Å²) in [5.41, 5.74) is 0.686. The van der Waals surface area contributed by atoms with Crippen LogP contribution in [0.3, 0.4) is 0 Å². The highest BCUT2D eigenvalue weighted by molar-refractivity contribution is 5.94. The lowest BCUT2D eigenvalue weighted by Crippen LogP contribution is -2.57. The number of carbonyl (C=O) groups is 1. The van der Waals surface area contributed by atoms with Gasteiger partial charge in [0, 0.05) is 23.7 Å². The summed E-state index contributed by atoms with van der Waals surface area (Å²) >= 11 is 0. The third kappa shape index (κ3) is 3.69. The maximum atomic E-state index is 12.5. The highest BCUT2D eigenvalue weighted by Crippen LogP contribution is 2.34. The van der Waals surface area contributed by atoms with E-state index in [0.717, 1.165) is 18.6 Å². The van der Waals surface area contributed by atoms with E-state index < -0.39 is 0 Å². The topological polar surface area (TPSA) is 41.6 Å². The number of carbonyl (C=O) groups excluding carboxylic acids is 1. The van der Waals surface area contributed by atoms with E-state index in [1.807, 2.05) is 24.3 Å². The molecule has 1 N–H and O–H groups in total. The SMILES string of the molecule is CCCN1[C@@H]2CCC[C@H]1CC(NC(=O)c1cccc(OC)c1)C2. The van der Waals surface area contributed by atoms with Gasteiger partial charge in [0.05, 0.1) is 7.11 Å². The summed E-state index contributed by atoms with van der Waals surface area (Å²) in [6.45, 7) is 3.46.